The van der Waals surface area contributed by atoms with E-state index in [-0.39, 0.29) is 11.5 Å². The summed E-state index contributed by atoms with van der Waals surface area (Å²) in [5.74, 6) is 0. The van der Waals surface area contributed by atoms with Gasteiger partial charge in [0.05, 0.1) is 0 Å². The fourth-order valence-electron chi connectivity index (χ4n) is 4.24. The quantitative estimate of drug-likeness (QED) is 0.275. The third-order valence-corrected chi connectivity index (χ3v) is 5.85. The van der Waals surface area contributed by atoms with Crippen LogP contribution in [0.25, 0.3) is 0 Å². The first kappa shape index (κ1) is 27.1. The maximum absolute atomic E-state index is 6.61. The maximum Gasteiger partial charge on any atom is 0.0297 e. The van der Waals surface area contributed by atoms with E-state index in [2.05, 4.69) is 39.0 Å². The van der Waals surface area contributed by atoms with Gasteiger partial charge in [0.25, 0.3) is 0 Å². The summed E-state index contributed by atoms with van der Waals surface area (Å²) in [5, 5.41) is 0. The van der Waals surface area contributed by atoms with E-state index in [9.17, 15) is 0 Å². The summed E-state index contributed by atoms with van der Waals surface area (Å²) in [7, 11) is 0. The molecule has 1 unspecified atom stereocenters. The predicted molar refractivity (Wildman–Crippen MR) is 126 cm³/mol. The molecule has 0 saturated carbocycles. The Labute approximate surface area is 176 Å². The molecule has 1 atom stereocenters. The largest absolute Gasteiger partial charge is 0.412 e. The number of aryl methyl sites for hydroxylation is 1. The molecule has 164 valence electrons. The van der Waals surface area contributed by atoms with Crippen LogP contribution in [0.15, 0.2) is 18.2 Å². The minimum absolute atomic E-state index is 0. The first-order chi connectivity index (χ1) is 13.2. The van der Waals surface area contributed by atoms with Gasteiger partial charge < -0.3 is 11.2 Å². The van der Waals surface area contributed by atoms with Crippen LogP contribution in [0.5, 0.6) is 0 Å². The van der Waals surface area contributed by atoms with Gasteiger partial charge >= 0.3 is 0 Å². The van der Waals surface area contributed by atoms with Crippen molar-refractivity contribution in [2.24, 2.45) is 5.73 Å². The Morgan fingerprint density at radius 2 is 1.21 bits per heavy atom. The lowest BCUT2D eigenvalue weighted by Crippen LogP contribution is -2.14. The first-order valence-corrected chi connectivity index (χ1v) is 12.1. The molecule has 0 bridgehead atoms. The monoisotopic (exact) mass is 391 g/mol. The molecule has 0 aliphatic heterocycles. The highest BCUT2D eigenvalue weighted by Crippen LogP contribution is 2.26. The molecule has 0 aromatic heterocycles. The highest BCUT2D eigenvalue weighted by Gasteiger charge is 2.13. The van der Waals surface area contributed by atoms with Gasteiger partial charge in [0.2, 0.25) is 0 Å². The van der Waals surface area contributed by atoms with Crippen molar-refractivity contribution in [1.29, 1.82) is 0 Å². The second kappa shape index (κ2) is 18.2. The fraction of sp³-hybridized carbons (Fsp3) is 0.769. The molecule has 1 aromatic rings. The highest BCUT2D eigenvalue weighted by atomic mass is 16.0. The Hall–Kier alpha value is -0.860. The van der Waals surface area contributed by atoms with Crippen molar-refractivity contribution in [2.75, 3.05) is 0 Å². The van der Waals surface area contributed by atoms with Gasteiger partial charge in [0, 0.05) is 6.04 Å². The first-order valence-electron chi connectivity index (χ1n) is 12.1. The Morgan fingerprint density at radius 3 is 1.75 bits per heavy atom. The van der Waals surface area contributed by atoms with Crippen molar-refractivity contribution in [3.63, 3.8) is 0 Å². The van der Waals surface area contributed by atoms with Crippen molar-refractivity contribution >= 4 is 0 Å². The van der Waals surface area contributed by atoms with Crippen LogP contribution in [0.1, 0.15) is 133 Å². The van der Waals surface area contributed by atoms with Crippen LogP contribution in [-0.2, 0) is 12.8 Å². The summed E-state index contributed by atoms with van der Waals surface area (Å²) in [6, 6.07) is 7.04. The van der Waals surface area contributed by atoms with E-state index < -0.39 is 0 Å². The maximum atomic E-state index is 6.61. The van der Waals surface area contributed by atoms with Crippen LogP contribution in [0.4, 0.5) is 0 Å². The Kier molecular flexibility index (Phi) is 17.6. The second-order valence-electron chi connectivity index (χ2n) is 8.42. The van der Waals surface area contributed by atoms with Gasteiger partial charge in [0.1, 0.15) is 0 Å². The van der Waals surface area contributed by atoms with Gasteiger partial charge in [-0.2, -0.15) is 0 Å². The summed E-state index contributed by atoms with van der Waals surface area (Å²) in [4.78, 5) is 0. The zero-order valence-electron chi connectivity index (χ0n) is 19.2. The fourth-order valence-corrected chi connectivity index (χ4v) is 4.24. The van der Waals surface area contributed by atoms with E-state index >= 15 is 0 Å². The number of benzene rings is 1. The second-order valence-corrected chi connectivity index (χ2v) is 8.42. The third-order valence-electron chi connectivity index (χ3n) is 5.85. The summed E-state index contributed by atoms with van der Waals surface area (Å²) >= 11 is 0. The Morgan fingerprint density at radius 1 is 0.679 bits per heavy atom. The standard InChI is InChI=1S/C26H47N.H2O/c1-4-7-8-9-10-11-12-13-14-15-16-22-26(27)25-21-17-20-23(18-5-2)24(25)19-6-3;/h17,20-21,26H,4-16,18-19,22,27H2,1-3H3;1H2. The van der Waals surface area contributed by atoms with E-state index in [1.165, 1.54) is 107 Å². The molecule has 4 N–H and O–H groups in total. The number of rotatable bonds is 17. The summed E-state index contributed by atoms with van der Waals surface area (Å²) < 4.78 is 0. The molecule has 28 heavy (non-hydrogen) atoms. The number of hydrogen-bond acceptors (Lipinski definition) is 1. The summed E-state index contributed by atoms with van der Waals surface area (Å²) in [6.07, 6.45) is 21.3. The molecule has 1 rings (SSSR count). The third kappa shape index (κ3) is 11.2. The number of hydrogen-bond donors (Lipinski definition) is 1. The van der Waals surface area contributed by atoms with E-state index in [0.717, 1.165) is 6.42 Å². The van der Waals surface area contributed by atoms with E-state index in [1.807, 2.05) is 0 Å². The molecule has 0 spiro atoms. The molecule has 2 nitrogen and oxygen atoms in total. The van der Waals surface area contributed by atoms with Gasteiger partial charge in [-0.3, -0.25) is 0 Å². The minimum atomic E-state index is 0. The van der Waals surface area contributed by atoms with Gasteiger partial charge in [-0.1, -0.05) is 122 Å². The molecule has 0 saturated heterocycles. The molecular formula is C26H49NO. The zero-order valence-corrected chi connectivity index (χ0v) is 19.2. The average Bonchev–Trinajstić information content (AvgIpc) is 2.67. The van der Waals surface area contributed by atoms with Gasteiger partial charge in [-0.25, -0.2) is 0 Å². The molecule has 2 heteroatoms. The SMILES string of the molecule is CCCCCCCCCCCCCC(N)c1cccc(CCC)c1CCC.O. The summed E-state index contributed by atoms with van der Waals surface area (Å²) in [6.45, 7) is 6.84. The van der Waals surface area contributed by atoms with E-state index in [4.69, 9.17) is 5.73 Å². The molecule has 0 radical (unpaired) electrons. The predicted octanol–water partition coefficient (Wildman–Crippen LogP) is 7.47. The Balaban J connectivity index is 0.00000729. The highest BCUT2D eigenvalue weighted by molar-refractivity contribution is 5.37. The number of nitrogens with two attached hydrogens (primary N) is 1. The lowest BCUT2D eigenvalue weighted by Gasteiger charge is -2.19. The molecule has 0 fully saturated rings. The lowest BCUT2D eigenvalue weighted by atomic mass is 9.89. The lowest BCUT2D eigenvalue weighted by molar-refractivity contribution is 0.525. The van der Waals surface area contributed by atoms with Gasteiger partial charge in [0.15, 0.2) is 0 Å². The molecule has 0 aliphatic rings. The molecule has 0 aliphatic carbocycles. The zero-order chi connectivity index (χ0) is 19.7. The van der Waals surface area contributed by atoms with Crippen LogP contribution >= 0.6 is 0 Å². The van der Waals surface area contributed by atoms with Gasteiger partial charge in [-0.05, 0) is 36.0 Å². The van der Waals surface area contributed by atoms with Crippen molar-refractivity contribution in [3.8, 4) is 0 Å². The van der Waals surface area contributed by atoms with E-state index in [1.54, 1.807) is 5.56 Å². The average molecular weight is 392 g/mol. The van der Waals surface area contributed by atoms with Crippen LogP contribution < -0.4 is 5.73 Å². The smallest absolute Gasteiger partial charge is 0.0297 e. The van der Waals surface area contributed by atoms with Crippen LogP contribution in [-0.4, -0.2) is 5.48 Å². The Bertz CT molecular complexity index is 472. The van der Waals surface area contributed by atoms with Crippen molar-refractivity contribution in [3.05, 3.63) is 34.9 Å². The molecule has 0 amide bonds. The van der Waals surface area contributed by atoms with Crippen LogP contribution in [0.2, 0.25) is 0 Å². The summed E-state index contributed by atoms with van der Waals surface area (Å²) in [5.41, 5.74) is 11.1. The van der Waals surface area contributed by atoms with Crippen molar-refractivity contribution in [1.82, 2.24) is 0 Å². The number of unbranched alkanes of at least 4 members (excludes halogenated alkanes) is 10. The van der Waals surface area contributed by atoms with Crippen molar-refractivity contribution < 1.29 is 5.48 Å². The van der Waals surface area contributed by atoms with Crippen LogP contribution in [0, 0.1) is 0 Å². The molecule has 1 aromatic carbocycles. The van der Waals surface area contributed by atoms with Gasteiger partial charge in [-0.15, -0.1) is 0 Å². The van der Waals surface area contributed by atoms with Crippen LogP contribution in [0.3, 0.4) is 0 Å². The van der Waals surface area contributed by atoms with Crippen molar-refractivity contribution in [2.45, 2.75) is 130 Å². The van der Waals surface area contributed by atoms with E-state index in [0.29, 0.717) is 0 Å². The minimum Gasteiger partial charge on any atom is -0.412 e. The molecular weight excluding hydrogens is 342 g/mol. The normalized spacial score (nSPS) is 12.0. The molecule has 0 heterocycles. The topological polar surface area (TPSA) is 57.5 Å².